The van der Waals surface area contributed by atoms with Crippen molar-refractivity contribution in [3.8, 4) is 0 Å². The molecule has 0 spiro atoms. The molecule has 0 aliphatic carbocycles. The predicted molar refractivity (Wildman–Crippen MR) is 36.6 cm³/mol. The van der Waals surface area contributed by atoms with Gasteiger partial charge in [-0.25, -0.2) is 0 Å². The Hall–Kier alpha value is 0.650. The van der Waals surface area contributed by atoms with E-state index in [2.05, 4.69) is 0 Å². The van der Waals surface area contributed by atoms with E-state index in [4.69, 9.17) is 10.2 Å². The van der Waals surface area contributed by atoms with Gasteiger partial charge in [0.2, 0.25) is 0 Å². The van der Waals surface area contributed by atoms with Crippen molar-refractivity contribution >= 4 is 22.6 Å². The maximum absolute atomic E-state index is 8.87. The monoisotopic (exact) mass is 216 g/mol. The molecule has 0 heterocycles. The van der Waals surface area contributed by atoms with E-state index in [1.807, 2.05) is 22.6 Å². The molecule has 2 N–H and O–H groups in total. The molecule has 0 radical (unpaired) electrons. The van der Waals surface area contributed by atoms with Crippen LogP contribution in [0.2, 0.25) is 0 Å². The molecule has 7 heavy (non-hydrogen) atoms. The first-order valence-corrected chi connectivity index (χ1v) is 3.54. The third-order valence-corrected chi connectivity index (χ3v) is 2.27. The summed E-state index contributed by atoms with van der Waals surface area (Å²) in [5.74, 6) is 0. The Labute approximate surface area is 56.7 Å². The van der Waals surface area contributed by atoms with E-state index in [0.29, 0.717) is 4.43 Å². The smallest absolute Gasteiger partial charge is 0.0938 e. The average molecular weight is 216 g/mol. The summed E-state index contributed by atoms with van der Waals surface area (Å²) in [6, 6.07) is 0. The summed E-state index contributed by atoms with van der Waals surface area (Å²) in [4.78, 5) is 0. The highest BCUT2D eigenvalue weighted by Crippen LogP contribution is 2.04. The first kappa shape index (κ1) is 7.65. The van der Waals surface area contributed by atoms with Crippen molar-refractivity contribution in [1.29, 1.82) is 0 Å². The van der Waals surface area contributed by atoms with Crippen molar-refractivity contribution < 1.29 is 10.2 Å². The van der Waals surface area contributed by atoms with E-state index in [-0.39, 0.29) is 6.61 Å². The Morgan fingerprint density at radius 3 is 2.14 bits per heavy atom. The number of hydrogen-bond donors (Lipinski definition) is 2. The largest absolute Gasteiger partial charge is 0.393 e. The van der Waals surface area contributed by atoms with Crippen LogP contribution in [0.4, 0.5) is 0 Å². The summed E-state index contributed by atoms with van der Waals surface area (Å²) in [5, 5.41) is 17.2. The van der Waals surface area contributed by atoms with Crippen molar-refractivity contribution in [1.82, 2.24) is 0 Å². The molecule has 0 rings (SSSR count). The molecule has 44 valence electrons. The summed E-state index contributed by atoms with van der Waals surface area (Å²) >= 11 is 2.02. The number of halogens is 1. The van der Waals surface area contributed by atoms with Crippen LogP contribution in [0.15, 0.2) is 0 Å². The topological polar surface area (TPSA) is 40.5 Å². The second-order valence-corrected chi connectivity index (χ2v) is 2.55. The molecule has 2 nitrogen and oxygen atoms in total. The second-order valence-electron chi connectivity index (χ2n) is 1.79. The summed E-state index contributed by atoms with van der Waals surface area (Å²) in [5.41, 5.74) is -0.874. The minimum atomic E-state index is -0.874. The summed E-state index contributed by atoms with van der Waals surface area (Å²) in [6.45, 7) is 1.44. The minimum Gasteiger partial charge on any atom is -0.393 e. The number of aliphatic hydroxyl groups excluding tert-OH is 1. The van der Waals surface area contributed by atoms with Crippen LogP contribution in [0, 0.1) is 0 Å². The van der Waals surface area contributed by atoms with Crippen LogP contribution in [-0.2, 0) is 0 Å². The number of rotatable bonds is 2. The fourth-order valence-electron chi connectivity index (χ4n) is 0.0423. The second kappa shape index (κ2) is 2.84. The quantitative estimate of drug-likeness (QED) is 0.510. The average Bonchev–Trinajstić information content (AvgIpc) is 1.68. The molecule has 0 fully saturated rings. The van der Waals surface area contributed by atoms with Gasteiger partial charge in [0, 0.05) is 4.43 Å². The standard InChI is InChI=1S/C4H9IO2/c1-4(7,2-5)3-6/h6-7H,2-3H2,1H3/t4-/m0/s1. The summed E-state index contributed by atoms with van der Waals surface area (Å²) < 4.78 is 0.571. The molecule has 0 aromatic heterocycles. The molecule has 0 amide bonds. The molecule has 0 aliphatic rings. The minimum absolute atomic E-state index is 0.157. The zero-order chi connectivity index (χ0) is 5.91. The van der Waals surface area contributed by atoms with Gasteiger partial charge in [0.25, 0.3) is 0 Å². The predicted octanol–water partition coefficient (Wildman–Crippen LogP) is 0.165. The fourth-order valence-corrected chi connectivity index (χ4v) is 0.283. The van der Waals surface area contributed by atoms with Gasteiger partial charge in [0.15, 0.2) is 0 Å². The van der Waals surface area contributed by atoms with Crippen molar-refractivity contribution in [2.45, 2.75) is 12.5 Å². The van der Waals surface area contributed by atoms with Crippen molar-refractivity contribution in [2.75, 3.05) is 11.0 Å². The third-order valence-electron chi connectivity index (χ3n) is 0.629. The van der Waals surface area contributed by atoms with Gasteiger partial charge in [0.05, 0.1) is 12.2 Å². The van der Waals surface area contributed by atoms with E-state index in [0.717, 1.165) is 0 Å². The maximum Gasteiger partial charge on any atom is 0.0938 e. The molecule has 3 heteroatoms. The van der Waals surface area contributed by atoms with Gasteiger partial charge in [-0.3, -0.25) is 0 Å². The van der Waals surface area contributed by atoms with Gasteiger partial charge in [-0.15, -0.1) is 0 Å². The highest BCUT2D eigenvalue weighted by Gasteiger charge is 2.15. The van der Waals surface area contributed by atoms with Gasteiger partial charge in [-0.1, -0.05) is 22.6 Å². The molecule has 0 aromatic rings. The lowest BCUT2D eigenvalue weighted by molar-refractivity contribution is 0.0250. The first-order chi connectivity index (χ1) is 3.12. The Balaban J connectivity index is 3.36. The number of alkyl halides is 1. The van der Waals surface area contributed by atoms with Crippen LogP contribution in [0.1, 0.15) is 6.92 Å². The lowest BCUT2D eigenvalue weighted by Gasteiger charge is -2.14. The van der Waals surface area contributed by atoms with Crippen LogP contribution in [-0.4, -0.2) is 26.8 Å². The van der Waals surface area contributed by atoms with Gasteiger partial charge in [-0.2, -0.15) is 0 Å². The normalized spacial score (nSPS) is 18.9. The molecule has 0 saturated carbocycles. The van der Waals surface area contributed by atoms with Crippen molar-refractivity contribution in [2.24, 2.45) is 0 Å². The Morgan fingerprint density at radius 2 is 2.14 bits per heavy atom. The third kappa shape index (κ3) is 3.25. The van der Waals surface area contributed by atoms with Gasteiger partial charge < -0.3 is 10.2 Å². The summed E-state index contributed by atoms with van der Waals surface area (Å²) in [6.07, 6.45) is 0. The number of aliphatic hydroxyl groups is 2. The molecule has 0 aromatic carbocycles. The Kier molecular flexibility index (Phi) is 3.10. The molecular weight excluding hydrogens is 207 g/mol. The van der Waals surface area contributed by atoms with E-state index in [9.17, 15) is 0 Å². The highest BCUT2D eigenvalue weighted by molar-refractivity contribution is 14.1. The van der Waals surface area contributed by atoms with Crippen LogP contribution in [0.25, 0.3) is 0 Å². The van der Waals surface area contributed by atoms with Gasteiger partial charge in [-0.05, 0) is 6.92 Å². The lowest BCUT2D eigenvalue weighted by atomic mass is 10.2. The molecular formula is C4H9IO2. The lowest BCUT2D eigenvalue weighted by Crippen LogP contribution is -2.30. The highest BCUT2D eigenvalue weighted by atomic mass is 127. The molecule has 0 unspecified atom stereocenters. The van der Waals surface area contributed by atoms with Crippen LogP contribution in [0.5, 0.6) is 0 Å². The van der Waals surface area contributed by atoms with Crippen LogP contribution >= 0.6 is 22.6 Å². The molecule has 0 saturated heterocycles. The Bertz CT molecular complexity index is 47.7. The maximum atomic E-state index is 8.87. The molecule has 1 atom stereocenters. The molecule has 0 bridgehead atoms. The molecule has 0 aliphatic heterocycles. The summed E-state index contributed by atoms with van der Waals surface area (Å²) in [7, 11) is 0. The van der Waals surface area contributed by atoms with Crippen LogP contribution < -0.4 is 0 Å². The SMILES string of the molecule is C[C@@](O)(CO)CI. The van der Waals surface area contributed by atoms with Crippen molar-refractivity contribution in [3.63, 3.8) is 0 Å². The first-order valence-electron chi connectivity index (χ1n) is 2.01. The van der Waals surface area contributed by atoms with Gasteiger partial charge >= 0.3 is 0 Å². The van der Waals surface area contributed by atoms with E-state index in [1.165, 1.54) is 0 Å². The fraction of sp³-hybridized carbons (Fsp3) is 1.00. The van der Waals surface area contributed by atoms with E-state index < -0.39 is 5.60 Å². The van der Waals surface area contributed by atoms with Gasteiger partial charge in [0.1, 0.15) is 0 Å². The van der Waals surface area contributed by atoms with E-state index in [1.54, 1.807) is 6.92 Å². The number of hydrogen-bond acceptors (Lipinski definition) is 2. The van der Waals surface area contributed by atoms with Crippen LogP contribution in [0.3, 0.4) is 0 Å². The van der Waals surface area contributed by atoms with E-state index >= 15 is 0 Å². The van der Waals surface area contributed by atoms with Crippen molar-refractivity contribution in [3.05, 3.63) is 0 Å². The zero-order valence-corrected chi connectivity index (χ0v) is 6.34. The Morgan fingerprint density at radius 1 is 1.71 bits per heavy atom. The zero-order valence-electron chi connectivity index (χ0n) is 4.19.